The normalized spacial score (nSPS) is 10.8. The van der Waals surface area contributed by atoms with Crippen LogP contribution in [0.3, 0.4) is 0 Å². The van der Waals surface area contributed by atoms with E-state index in [1.165, 1.54) is 0 Å². The fourth-order valence-corrected chi connectivity index (χ4v) is 7.86. The van der Waals surface area contributed by atoms with E-state index in [9.17, 15) is 4.79 Å². The number of hydrogen-bond acceptors (Lipinski definition) is 4. The van der Waals surface area contributed by atoms with Crippen molar-refractivity contribution in [1.29, 1.82) is 0 Å². The molecule has 9 rings (SSSR count). The minimum atomic E-state index is -1.01. The molecule has 294 valence electrons. The average Bonchev–Trinajstić information content (AvgIpc) is 3.83. The van der Waals surface area contributed by atoms with E-state index in [-0.39, 0.29) is 6.61 Å². The lowest BCUT2D eigenvalue weighted by atomic mass is 9.99. The van der Waals surface area contributed by atoms with Crippen LogP contribution in [0.1, 0.15) is 0 Å². The van der Waals surface area contributed by atoms with Crippen molar-refractivity contribution in [3.05, 3.63) is 199 Å². The van der Waals surface area contributed by atoms with E-state index in [1.807, 2.05) is 110 Å². The van der Waals surface area contributed by atoms with E-state index in [2.05, 4.69) is 117 Å². The molecule has 0 aliphatic carbocycles. The third kappa shape index (κ3) is 8.46. The third-order valence-corrected chi connectivity index (χ3v) is 10.9. The largest absolute Gasteiger partial charge is 0.482 e. The molecule has 7 aromatic carbocycles. The zero-order chi connectivity index (χ0) is 41.4. The molecule has 0 radical (unpaired) electrons. The van der Waals surface area contributed by atoms with Crippen molar-refractivity contribution in [2.24, 2.45) is 14.1 Å². The summed E-state index contributed by atoms with van der Waals surface area (Å²) in [5, 5.41) is 8.96. The van der Waals surface area contributed by atoms with Crippen LogP contribution in [0, 0.1) is 0 Å². The summed E-state index contributed by atoms with van der Waals surface area (Å²) < 4.78 is 10.8. The maximum Gasteiger partial charge on any atom is 0.341 e. The zero-order valence-electron chi connectivity index (χ0n) is 33.1. The monoisotopic (exact) mass is 848 g/mol. The maximum absolute atomic E-state index is 10.9. The number of carboxylic acid groups (broad SMARTS) is 1. The van der Waals surface area contributed by atoms with E-state index >= 15 is 0 Å². The lowest BCUT2D eigenvalue weighted by Gasteiger charge is -2.12. The highest BCUT2D eigenvalue weighted by Crippen LogP contribution is 2.40. The van der Waals surface area contributed by atoms with Crippen molar-refractivity contribution in [3.8, 4) is 84.7 Å². The molecular formula is C52H41BrN4O3. The van der Waals surface area contributed by atoms with Crippen LogP contribution in [0.4, 0.5) is 0 Å². The topological polar surface area (TPSA) is 82.2 Å². The number of nitrogens with zero attached hydrogens (tertiary/aromatic N) is 4. The molecule has 0 saturated carbocycles. The molecule has 60 heavy (non-hydrogen) atoms. The first-order valence-electron chi connectivity index (χ1n) is 19.5. The summed E-state index contributed by atoms with van der Waals surface area (Å²) in [4.78, 5) is 21.1. The van der Waals surface area contributed by atoms with E-state index in [0.29, 0.717) is 5.75 Å². The highest BCUT2D eigenvalue weighted by atomic mass is 79.9. The zero-order valence-corrected chi connectivity index (χ0v) is 34.7. The van der Waals surface area contributed by atoms with Gasteiger partial charge in [-0.2, -0.15) is 0 Å². The summed E-state index contributed by atoms with van der Waals surface area (Å²) in [5.41, 5.74) is 12.5. The van der Waals surface area contributed by atoms with Crippen molar-refractivity contribution >= 4 is 21.9 Å². The molecule has 0 aliphatic rings. The van der Waals surface area contributed by atoms with Gasteiger partial charge in [-0.3, -0.25) is 0 Å². The van der Waals surface area contributed by atoms with Crippen LogP contribution in [0.25, 0.3) is 78.9 Å². The second kappa shape index (κ2) is 18.1. The molecule has 0 bridgehead atoms. The van der Waals surface area contributed by atoms with E-state index in [1.54, 1.807) is 6.07 Å². The summed E-state index contributed by atoms with van der Waals surface area (Å²) in [6.07, 6.45) is 0. The van der Waals surface area contributed by atoms with Gasteiger partial charge in [0.1, 0.15) is 17.4 Å². The molecule has 0 fully saturated rings. The van der Waals surface area contributed by atoms with Gasteiger partial charge in [0.2, 0.25) is 0 Å². The number of aliphatic carboxylic acids is 1. The van der Waals surface area contributed by atoms with Crippen LogP contribution < -0.4 is 4.74 Å². The van der Waals surface area contributed by atoms with Gasteiger partial charge < -0.3 is 19.0 Å². The van der Waals surface area contributed by atoms with Gasteiger partial charge in [-0.1, -0.05) is 192 Å². The molecule has 9 aromatic rings. The van der Waals surface area contributed by atoms with E-state index in [0.717, 1.165) is 83.4 Å². The second-order valence-corrected chi connectivity index (χ2v) is 14.9. The van der Waals surface area contributed by atoms with Crippen LogP contribution in [0.5, 0.6) is 5.75 Å². The van der Waals surface area contributed by atoms with E-state index < -0.39 is 5.97 Å². The number of hydrogen-bond donors (Lipinski definition) is 1. The Labute approximate surface area is 358 Å². The molecule has 0 aliphatic heterocycles. The molecule has 7 nitrogen and oxygen atoms in total. The quantitative estimate of drug-likeness (QED) is 0.148. The first-order chi connectivity index (χ1) is 29.4. The van der Waals surface area contributed by atoms with Crippen LogP contribution in [-0.4, -0.2) is 36.8 Å². The Bertz CT molecular complexity index is 2870. The van der Waals surface area contributed by atoms with Gasteiger partial charge in [0, 0.05) is 51.9 Å². The van der Waals surface area contributed by atoms with Crippen LogP contribution in [0.2, 0.25) is 0 Å². The predicted molar refractivity (Wildman–Crippen MR) is 245 cm³/mol. The van der Waals surface area contributed by atoms with Gasteiger partial charge in [-0.05, 0) is 29.3 Å². The number of halogens is 1. The van der Waals surface area contributed by atoms with Gasteiger partial charge in [0.05, 0.1) is 22.8 Å². The van der Waals surface area contributed by atoms with Crippen LogP contribution >= 0.6 is 15.9 Å². The number of aromatic nitrogens is 4. The second-order valence-electron chi connectivity index (χ2n) is 14.1. The Morgan fingerprint density at radius 3 is 1.38 bits per heavy atom. The Balaban J connectivity index is 0.000000176. The number of carboxylic acids is 1. The minimum Gasteiger partial charge on any atom is -0.482 e. The van der Waals surface area contributed by atoms with Crippen LogP contribution in [-0.2, 0) is 18.9 Å². The third-order valence-electron chi connectivity index (χ3n) is 10.2. The van der Waals surface area contributed by atoms with Crippen molar-refractivity contribution in [1.82, 2.24) is 19.1 Å². The highest BCUT2D eigenvalue weighted by Gasteiger charge is 2.22. The number of benzene rings is 7. The summed E-state index contributed by atoms with van der Waals surface area (Å²) in [6.45, 7) is -0.384. The molecule has 1 N–H and O–H groups in total. The molecule has 8 heteroatoms. The smallest absolute Gasteiger partial charge is 0.341 e. The highest BCUT2D eigenvalue weighted by molar-refractivity contribution is 9.10. The van der Waals surface area contributed by atoms with Crippen molar-refractivity contribution in [3.63, 3.8) is 0 Å². The predicted octanol–water partition coefficient (Wildman–Crippen LogP) is 12.7. The molecule has 0 atom stereocenters. The Hall–Kier alpha value is -7.29. The molecule has 0 amide bonds. The first-order valence-corrected chi connectivity index (χ1v) is 20.3. The van der Waals surface area contributed by atoms with Gasteiger partial charge in [-0.15, -0.1) is 0 Å². The summed E-state index contributed by atoms with van der Waals surface area (Å²) in [5.74, 6) is 1.29. The average molecular weight is 850 g/mol. The molecule has 2 heterocycles. The fourth-order valence-electron chi connectivity index (χ4n) is 7.40. The molecular weight excluding hydrogens is 809 g/mol. The van der Waals surface area contributed by atoms with Gasteiger partial charge in [-0.25, -0.2) is 14.8 Å². The lowest BCUT2D eigenvalue weighted by Crippen LogP contribution is -2.09. The Morgan fingerprint density at radius 2 is 0.900 bits per heavy atom. The van der Waals surface area contributed by atoms with Gasteiger partial charge >= 0.3 is 5.97 Å². The summed E-state index contributed by atoms with van der Waals surface area (Å²) in [6, 6.07) is 65.1. The number of imidazole rings is 2. The van der Waals surface area contributed by atoms with Crippen molar-refractivity contribution in [2.75, 3.05) is 6.61 Å². The molecule has 2 aromatic heterocycles. The van der Waals surface area contributed by atoms with Crippen molar-refractivity contribution < 1.29 is 14.6 Å². The van der Waals surface area contributed by atoms with Gasteiger partial charge in [0.25, 0.3) is 0 Å². The molecule has 0 saturated heterocycles. The van der Waals surface area contributed by atoms with Crippen LogP contribution in [0.15, 0.2) is 199 Å². The summed E-state index contributed by atoms with van der Waals surface area (Å²) in [7, 11) is 4.12. The number of rotatable bonds is 10. The summed E-state index contributed by atoms with van der Waals surface area (Å²) >= 11 is 3.66. The lowest BCUT2D eigenvalue weighted by molar-refractivity contribution is -0.139. The minimum absolute atomic E-state index is 0.384. The number of ether oxygens (including phenoxy) is 1. The van der Waals surface area contributed by atoms with E-state index in [4.69, 9.17) is 19.8 Å². The van der Waals surface area contributed by atoms with Gasteiger partial charge in [0.15, 0.2) is 6.61 Å². The maximum atomic E-state index is 10.9. The Morgan fingerprint density at radius 1 is 0.500 bits per heavy atom. The Kier molecular flexibility index (Phi) is 11.9. The first kappa shape index (κ1) is 39.5. The molecule has 0 unspecified atom stereocenters. The fraction of sp³-hybridized carbons (Fsp3) is 0.0577. The van der Waals surface area contributed by atoms with Crippen molar-refractivity contribution in [2.45, 2.75) is 0 Å². The SMILES string of the molecule is Cn1c(-c2ccccc2-c2cccc(OCC(=O)O)c2)nc(-c2ccccc2)c1-c1ccccc1.Cn1c(-c2ccccc2Br)nc(-c2ccccc2)c1-c1ccccc1. The molecule has 0 spiro atoms. The standard InChI is InChI=1S/C30H24N2O3.C22H17BrN2/c1-32-29(22-13-6-3-7-14-22)28(21-11-4-2-5-12-21)31-30(32)26-18-9-8-17-25(26)23-15-10-16-24(19-23)35-20-27(33)34;1-25-21(17-12-6-3-7-13-17)20(16-10-4-2-5-11-16)24-22(25)18-14-8-9-15-19(18)23/h2-19H,20H2,1H3,(H,33,34);2-15H,1H3. The number of carbonyl (C=O) groups is 1.